The molecule has 2 amide bonds. The Balaban J connectivity index is 1.83. The molecule has 0 saturated heterocycles. The molecule has 178 valence electrons. The summed E-state index contributed by atoms with van der Waals surface area (Å²) in [4.78, 5) is 23.9. The van der Waals surface area contributed by atoms with Crippen LogP contribution in [0.2, 0.25) is 0 Å². The molecule has 0 saturated carbocycles. The molecule has 10 nitrogen and oxygen atoms in total. The molecule has 3 aromatic carbocycles. The number of methoxy groups -OCH3 is 1. The molecule has 0 unspecified atom stereocenters. The van der Waals surface area contributed by atoms with Gasteiger partial charge in [-0.15, -0.1) is 0 Å². The Morgan fingerprint density at radius 1 is 0.765 bits per heavy atom. The van der Waals surface area contributed by atoms with Gasteiger partial charge in [0.25, 0.3) is 20.0 Å². The summed E-state index contributed by atoms with van der Waals surface area (Å²) in [6, 6.07) is 16.0. The fourth-order valence-corrected chi connectivity index (χ4v) is 5.09. The summed E-state index contributed by atoms with van der Waals surface area (Å²) < 4.78 is 59.7. The normalized spacial score (nSPS) is 11.4. The van der Waals surface area contributed by atoms with Gasteiger partial charge < -0.3 is 10.1 Å². The van der Waals surface area contributed by atoms with Crippen LogP contribution in [-0.4, -0.2) is 35.9 Å². The number of hydrogen-bond acceptors (Lipinski definition) is 7. The molecule has 0 aliphatic heterocycles. The van der Waals surface area contributed by atoms with Crippen molar-refractivity contribution in [1.29, 1.82) is 0 Å². The summed E-state index contributed by atoms with van der Waals surface area (Å²) >= 11 is 0. The molecule has 3 N–H and O–H groups in total. The number of hydrogen-bond donors (Lipinski definition) is 3. The lowest BCUT2D eigenvalue weighted by atomic mass is 10.2. The van der Waals surface area contributed by atoms with Gasteiger partial charge in [0, 0.05) is 0 Å². The predicted octanol–water partition coefficient (Wildman–Crippen LogP) is 3.09. The summed E-state index contributed by atoms with van der Waals surface area (Å²) in [5.41, 5.74) is 0.603. The molecule has 3 rings (SSSR count). The van der Waals surface area contributed by atoms with Crippen LogP contribution < -0.4 is 14.8 Å². The average molecular weight is 504 g/mol. The Morgan fingerprint density at radius 2 is 1.35 bits per heavy atom. The SMILES string of the molecule is COC(=O)c1ccccc1S(=O)(=O)Nc1ccccc1NC(=O)NS(=O)(=O)c1ccc(C)cc1. The first-order valence-corrected chi connectivity index (χ1v) is 12.7. The third-order valence-corrected chi connectivity index (χ3v) is 7.33. The van der Waals surface area contributed by atoms with Gasteiger partial charge in [-0.2, -0.15) is 0 Å². The number of carbonyl (C=O) groups is 2. The Kier molecular flexibility index (Phi) is 7.23. The van der Waals surface area contributed by atoms with Gasteiger partial charge in [-0.3, -0.25) is 4.72 Å². The van der Waals surface area contributed by atoms with E-state index in [9.17, 15) is 26.4 Å². The van der Waals surface area contributed by atoms with Crippen LogP contribution in [0.3, 0.4) is 0 Å². The molecule has 0 spiro atoms. The maximum atomic E-state index is 13.0. The first-order valence-electron chi connectivity index (χ1n) is 9.73. The second-order valence-corrected chi connectivity index (χ2v) is 10.3. The predicted molar refractivity (Wildman–Crippen MR) is 126 cm³/mol. The van der Waals surface area contributed by atoms with Crippen LogP contribution in [0, 0.1) is 6.92 Å². The first kappa shape index (κ1) is 24.7. The third kappa shape index (κ3) is 5.71. The zero-order valence-electron chi connectivity index (χ0n) is 18.1. The van der Waals surface area contributed by atoms with Crippen LogP contribution in [0.5, 0.6) is 0 Å². The lowest BCUT2D eigenvalue weighted by Gasteiger charge is -2.15. The van der Waals surface area contributed by atoms with Crippen molar-refractivity contribution in [3.05, 3.63) is 83.9 Å². The number of nitrogens with one attached hydrogen (secondary N) is 3. The van der Waals surface area contributed by atoms with Gasteiger partial charge in [0.05, 0.1) is 28.9 Å². The van der Waals surface area contributed by atoms with E-state index in [0.29, 0.717) is 0 Å². The number of aryl methyl sites for hydroxylation is 1. The van der Waals surface area contributed by atoms with Gasteiger partial charge in [0.1, 0.15) is 4.90 Å². The van der Waals surface area contributed by atoms with E-state index < -0.39 is 32.0 Å². The number of anilines is 2. The molecular weight excluding hydrogens is 482 g/mol. The van der Waals surface area contributed by atoms with Crippen LogP contribution in [0.4, 0.5) is 16.2 Å². The molecule has 0 fully saturated rings. The molecule has 0 aliphatic carbocycles. The highest BCUT2D eigenvalue weighted by Gasteiger charge is 2.24. The molecule has 0 bridgehead atoms. The van der Waals surface area contributed by atoms with Gasteiger partial charge in [0.2, 0.25) is 0 Å². The van der Waals surface area contributed by atoms with E-state index in [2.05, 4.69) is 14.8 Å². The Morgan fingerprint density at radius 3 is 2.00 bits per heavy atom. The minimum absolute atomic E-state index is 0.0155. The molecule has 0 aromatic heterocycles. The van der Waals surface area contributed by atoms with E-state index >= 15 is 0 Å². The van der Waals surface area contributed by atoms with Crippen molar-refractivity contribution < 1.29 is 31.2 Å². The topological polar surface area (TPSA) is 148 Å². The third-order valence-electron chi connectivity index (χ3n) is 4.56. The number of esters is 1. The van der Waals surface area contributed by atoms with Crippen LogP contribution in [0.15, 0.2) is 82.6 Å². The van der Waals surface area contributed by atoms with E-state index in [-0.39, 0.29) is 26.7 Å². The molecule has 0 radical (unpaired) electrons. The molecule has 0 heterocycles. The summed E-state index contributed by atoms with van der Waals surface area (Å²) in [5.74, 6) is -0.840. The fourth-order valence-electron chi connectivity index (χ4n) is 2.91. The van der Waals surface area contributed by atoms with Crippen molar-refractivity contribution in [3.63, 3.8) is 0 Å². The van der Waals surface area contributed by atoms with Crippen LogP contribution in [-0.2, 0) is 24.8 Å². The summed E-state index contributed by atoms with van der Waals surface area (Å²) in [6.45, 7) is 1.79. The number of para-hydroxylation sites is 2. The standard InChI is InChI=1S/C22H21N3O7S2/c1-15-11-13-16(14-12-15)33(28,29)25-22(27)23-18-8-4-5-9-19(18)24-34(30,31)20-10-6-3-7-17(20)21(26)32-2/h3-14,24H,1-2H3,(H2,23,25,27). The number of benzene rings is 3. The number of sulfonamides is 2. The van der Waals surface area contributed by atoms with Crippen molar-refractivity contribution in [2.24, 2.45) is 0 Å². The molecule has 0 atom stereocenters. The molecule has 0 aliphatic rings. The molecular formula is C22H21N3O7S2. The molecule has 34 heavy (non-hydrogen) atoms. The number of urea groups is 1. The first-order chi connectivity index (χ1) is 16.0. The van der Waals surface area contributed by atoms with E-state index in [1.807, 2.05) is 4.72 Å². The van der Waals surface area contributed by atoms with Crippen LogP contribution >= 0.6 is 0 Å². The van der Waals surface area contributed by atoms with Crippen molar-refractivity contribution in [3.8, 4) is 0 Å². The smallest absolute Gasteiger partial charge is 0.339 e. The van der Waals surface area contributed by atoms with E-state index in [4.69, 9.17) is 0 Å². The minimum atomic E-state index is -4.28. The average Bonchev–Trinajstić information content (AvgIpc) is 2.79. The maximum absolute atomic E-state index is 13.0. The van der Waals surface area contributed by atoms with Crippen molar-refractivity contribution >= 4 is 43.4 Å². The summed E-state index contributed by atoms with van der Waals surface area (Å²) in [7, 11) is -7.31. The van der Waals surface area contributed by atoms with E-state index in [0.717, 1.165) is 12.7 Å². The largest absolute Gasteiger partial charge is 0.465 e. The van der Waals surface area contributed by atoms with Gasteiger partial charge >= 0.3 is 12.0 Å². The number of ether oxygens (including phenoxy) is 1. The van der Waals surface area contributed by atoms with Crippen LogP contribution in [0.1, 0.15) is 15.9 Å². The van der Waals surface area contributed by atoms with Gasteiger partial charge in [-0.1, -0.05) is 42.0 Å². The minimum Gasteiger partial charge on any atom is -0.465 e. The highest BCUT2D eigenvalue weighted by atomic mass is 32.2. The zero-order chi connectivity index (χ0) is 24.9. The second kappa shape index (κ2) is 9.93. The highest BCUT2D eigenvalue weighted by molar-refractivity contribution is 7.92. The van der Waals surface area contributed by atoms with E-state index in [1.165, 1.54) is 60.7 Å². The van der Waals surface area contributed by atoms with E-state index in [1.54, 1.807) is 19.1 Å². The van der Waals surface area contributed by atoms with Gasteiger partial charge in [-0.05, 0) is 43.3 Å². The Labute approximate surface area is 197 Å². The quantitative estimate of drug-likeness (QED) is 0.420. The lowest BCUT2D eigenvalue weighted by molar-refractivity contribution is 0.0596. The highest BCUT2D eigenvalue weighted by Crippen LogP contribution is 2.26. The number of carbonyl (C=O) groups excluding carboxylic acids is 2. The molecule has 3 aromatic rings. The van der Waals surface area contributed by atoms with Crippen LogP contribution in [0.25, 0.3) is 0 Å². The number of rotatable bonds is 7. The molecule has 12 heteroatoms. The Bertz CT molecular complexity index is 1440. The van der Waals surface area contributed by atoms with Gasteiger partial charge in [0.15, 0.2) is 0 Å². The Hall–Kier alpha value is -3.90. The maximum Gasteiger partial charge on any atom is 0.339 e. The lowest BCUT2D eigenvalue weighted by Crippen LogP contribution is -2.34. The monoisotopic (exact) mass is 503 g/mol. The number of amides is 2. The van der Waals surface area contributed by atoms with Crippen molar-refractivity contribution in [1.82, 2.24) is 4.72 Å². The van der Waals surface area contributed by atoms with Crippen molar-refractivity contribution in [2.45, 2.75) is 16.7 Å². The van der Waals surface area contributed by atoms with Gasteiger partial charge in [-0.25, -0.2) is 31.1 Å². The fraction of sp³-hybridized carbons (Fsp3) is 0.0909. The summed E-state index contributed by atoms with van der Waals surface area (Å²) in [6.07, 6.45) is 0. The summed E-state index contributed by atoms with van der Waals surface area (Å²) in [5, 5.41) is 2.32. The van der Waals surface area contributed by atoms with Crippen molar-refractivity contribution in [2.75, 3.05) is 17.1 Å². The zero-order valence-corrected chi connectivity index (χ0v) is 19.7. The second-order valence-electron chi connectivity index (χ2n) is 7.01.